The van der Waals surface area contributed by atoms with Gasteiger partial charge in [-0.15, -0.1) is 11.8 Å². The minimum absolute atomic E-state index is 0.000216. The summed E-state index contributed by atoms with van der Waals surface area (Å²) in [5.41, 5.74) is -0.272. The molecule has 2 rings (SSSR count). The summed E-state index contributed by atoms with van der Waals surface area (Å²) in [6.07, 6.45) is 1.99. The summed E-state index contributed by atoms with van der Waals surface area (Å²) in [6, 6.07) is 6.66. The highest BCUT2D eigenvalue weighted by Crippen LogP contribution is 2.32. The molecule has 1 amide bonds. The van der Waals surface area contributed by atoms with Gasteiger partial charge in [0.1, 0.15) is 22.7 Å². The van der Waals surface area contributed by atoms with E-state index in [0.29, 0.717) is 12.5 Å². The average Bonchev–Trinajstić information content (AvgIpc) is 2.69. The van der Waals surface area contributed by atoms with Crippen LogP contribution < -0.4 is 5.32 Å². The van der Waals surface area contributed by atoms with E-state index in [9.17, 15) is 22.8 Å². The van der Waals surface area contributed by atoms with Crippen LogP contribution in [0.25, 0.3) is 0 Å². The minimum atomic E-state index is -0.977. The van der Waals surface area contributed by atoms with Crippen molar-refractivity contribution in [2.24, 2.45) is 0 Å². The van der Waals surface area contributed by atoms with Gasteiger partial charge in [-0.05, 0) is 37.1 Å². The Morgan fingerprint density at radius 3 is 2.52 bits per heavy atom. The molecule has 0 aromatic heterocycles. The van der Waals surface area contributed by atoms with Gasteiger partial charge in [0.2, 0.25) is 0 Å². The predicted molar refractivity (Wildman–Crippen MR) is 107 cm³/mol. The third kappa shape index (κ3) is 6.52. The first kappa shape index (κ1) is 22.8. The van der Waals surface area contributed by atoms with Crippen LogP contribution in [0.1, 0.15) is 43.5 Å². The highest BCUT2D eigenvalue weighted by Gasteiger charge is 2.23. The summed E-state index contributed by atoms with van der Waals surface area (Å²) < 4.78 is 46.8. The Balaban J connectivity index is 2.17. The molecule has 0 aliphatic carbocycles. The number of benzene rings is 2. The van der Waals surface area contributed by atoms with Crippen LogP contribution >= 0.6 is 11.8 Å². The standard InChI is InChI=1S/C21H22F3NO3S/c1-3-5-9-28-21(27)18(4-2)29-19-12-17(15(23)11-16(19)24)25-20(26)13-7-6-8-14(22)10-13/h6-8,10-12,18H,3-5,9H2,1-2H3,(H,25,26). The fraction of sp³-hybridized carbons (Fsp3) is 0.333. The summed E-state index contributed by atoms with van der Waals surface area (Å²) in [4.78, 5) is 24.4. The maximum atomic E-state index is 14.2. The largest absolute Gasteiger partial charge is 0.465 e. The normalized spacial score (nSPS) is 11.8. The molecule has 0 aliphatic heterocycles. The van der Waals surface area contributed by atoms with Crippen LogP contribution in [0.15, 0.2) is 41.3 Å². The van der Waals surface area contributed by atoms with Gasteiger partial charge in [0.25, 0.3) is 5.91 Å². The fourth-order valence-electron chi connectivity index (χ4n) is 2.40. The molecule has 1 unspecified atom stereocenters. The van der Waals surface area contributed by atoms with Crippen molar-refractivity contribution in [3.05, 3.63) is 59.4 Å². The first-order valence-electron chi connectivity index (χ1n) is 9.25. The van der Waals surface area contributed by atoms with Crippen molar-refractivity contribution in [2.75, 3.05) is 11.9 Å². The van der Waals surface area contributed by atoms with E-state index in [0.717, 1.165) is 36.7 Å². The van der Waals surface area contributed by atoms with E-state index in [1.165, 1.54) is 18.2 Å². The van der Waals surface area contributed by atoms with Gasteiger partial charge in [-0.1, -0.05) is 26.3 Å². The number of hydrogen-bond donors (Lipinski definition) is 1. The third-order valence-corrected chi connectivity index (χ3v) is 5.38. The molecule has 29 heavy (non-hydrogen) atoms. The second kappa shape index (κ2) is 10.9. The number of nitrogens with one attached hydrogen (secondary N) is 1. The van der Waals surface area contributed by atoms with Crippen LogP contribution in [0.4, 0.5) is 18.9 Å². The number of esters is 1. The minimum Gasteiger partial charge on any atom is -0.465 e. The monoisotopic (exact) mass is 425 g/mol. The van der Waals surface area contributed by atoms with Crippen LogP contribution in [0.3, 0.4) is 0 Å². The summed E-state index contributed by atoms with van der Waals surface area (Å²) >= 11 is 0.902. The van der Waals surface area contributed by atoms with Crippen molar-refractivity contribution in [1.82, 2.24) is 0 Å². The predicted octanol–water partition coefficient (Wildman–Crippen LogP) is 5.57. The van der Waals surface area contributed by atoms with Crippen molar-refractivity contribution >= 4 is 29.3 Å². The Kier molecular flexibility index (Phi) is 8.57. The lowest BCUT2D eigenvalue weighted by Crippen LogP contribution is -2.20. The molecule has 0 saturated heterocycles. The van der Waals surface area contributed by atoms with Gasteiger partial charge >= 0.3 is 5.97 Å². The molecule has 0 aliphatic rings. The molecule has 0 spiro atoms. The Morgan fingerprint density at radius 2 is 1.86 bits per heavy atom. The molecule has 2 aromatic carbocycles. The van der Waals surface area contributed by atoms with Crippen LogP contribution in [0, 0.1) is 17.5 Å². The first-order chi connectivity index (χ1) is 13.8. The number of carbonyl (C=O) groups excluding carboxylic acids is 2. The lowest BCUT2D eigenvalue weighted by Gasteiger charge is -2.15. The number of hydrogen-bond acceptors (Lipinski definition) is 4. The number of amides is 1. The molecule has 1 N–H and O–H groups in total. The van der Waals surface area contributed by atoms with E-state index in [1.54, 1.807) is 6.92 Å². The van der Waals surface area contributed by atoms with E-state index in [1.807, 2.05) is 6.92 Å². The zero-order chi connectivity index (χ0) is 21.4. The summed E-state index contributed by atoms with van der Waals surface area (Å²) in [7, 11) is 0. The third-order valence-electron chi connectivity index (χ3n) is 4.00. The molecule has 156 valence electrons. The zero-order valence-corrected chi connectivity index (χ0v) is 17.0. The average molecular weight is 425 g/mol. The van der Waals surface area contributed by atoms with Gasteiger partial charge in [0.15, 0.2) is 0 Å². The van der Waals surface area contributed by atoms with Gasteiger partial charge in [0.05, 0.1) is 12.3 Å². The van der Waals surface area contributed by atoms with E-state index < -0.39 is 34.6 Å². The Hall–Kier alpha value is -2.48. The van der Waals surface area contributed by atoms with E-state index in [4.69, 9.17) is 4.74 Å². The van der Waals surface area contributed by atoms with Gasteiger partial charge in [-0.25, -0.2) is 13.2 Å². The van der Waals surface area contributed by atoms with Crippen molar-refractivity contribution in [2.45, 2.75) is 43.3 Å². The number of thioether (sulfide) groups is 1. The number of rotatable bonds is 9. The highest BCUT2D eigenvalue weighted by molar-refractivity contribution is 8.00. The number of unbranched alkanes of at least 4 members (excludes halogenated alkanes) is 1. The van der Waals surface area contributed by atoms with Crippen molar-refractivity contribution in [3.63, 3.8) is 0 Å². The van der Waals surface area contributed by atoms with Crippen LogP contribution in [-0.2, 0) is 9.53 Å². The van der Waals surface area contributed by atoms with Crippen LogP contribution in [-0.4, -0.2) is 23.7 Å². The van der Waals surface area contributed by atoms with E-state index in [2.05, 4.69) is 5.32 Å². The molecular weight excluding hydrogens is 403 g/mol. The number of halogens is 3. The Morgan fingerprint density at radius 1 is 1.10 bits per heavy atom. The smallest absolute Gasteiger partial charge is 0.319 e. The molecule has 1 atom stereocenters. The summed E-state index contributed by atoms with van der Waals surface area (Å²) in [6.45, 7) is 4.01. The van der Waals surface area contributed by atoms with Gasteiger partial charge < -0.3 is 10.1 Å². The molecule has 0 fully saturated rings. The van der Waals surface area contributed by atoms with Crippen LogP contribution in [0.5, 0.6) is 0 Å². The number of ether oxygens (including phenoxy) is 1. The lowest BCUT2D eigenvalue weighted by molar-refractivity contribution is -0.143. The van der Waals surface area contributed by atoms with Crippen LogP contribution in [0.2, 0.25) is 0 Å². The number of anilines is 1. The molecule has 8 heteroatoms. The molecule has 0 heterocycles. The molecule has 0 bridgehead atoms. The Bertz CT molecular complexity index is 876. The van der Waals surface area contributed by atoms with E-state index >= 15 is 0 Å². The number of carbonyl (C=O) groups is 2. The highest BCUT2D eigenvalue weighted by atomic mass is 32.2. The first-order valence-corrected chi connectivity index (χ1v) is 10.1. The fourth-order valence-corrected chi connectivity index (χ4v) is 3.40. The maximum Gasteiger partial charge on any atom is 0.319 e. The molecule has 0 saturated carbocycles. The molecular formula is C21H22F3NO3S. The van der Waals surface area contributed by atoms with Crippen molar-refractivity contribution < 1.29 is 27.5 Å². The Labute approximate surface area is 171 Å². The molecule has 2 aromatic rings. The SMILES string of the molecule is CCCCOC(=O)C(CC)Sc1cc(NC(=O)c2cccc(F)c2)c(F)cc1F. The van der Waals surface area contributed by atoms with Crippen molar-refractivity contribution in [3.8, 4) is 0 Å². The summed E-state index contributed by atoms with van der Waals surface area (Å²) in [5.74, 6) is -3.65. The second-order valence-corrected chi connectivity index (χ2v) is 7.51. The zero-order valence-electron chi connectivity index (χ0n) is 16.1. The maximum absolute atomic E-state index is 14.2. The van der Waals surface area contributed by atoms with E-state index in [-0.39, 0.29) is 22.8 Å². The van der Waals surface area contributed by atoms with Gasteiger partial charge in [-0.2, -0.15) is 0 Å². The van der Waals surface area contributed by atoms with Gasteiger partial charge in [0, 0.05) is 16.5 Å². The van der Waals surface area contributed by atoms with Crippen molar-refractivity contribution in [1.29, 1.82) is 0 Å². The molecule has 0 radical (unpaired) electrons. The lowest BCUT2D eigenvalue weighted by atomic mass is 10.2. The summed E-state index contributed by atoms with van der Waals surface area (Å²) in [5, 5.41) is 1.64. The van der Waals surface area contributed by atoms with Gasteiger partial charge in [-0.3, -0.25) is 9.59 Å². The molecule has 4 nitrogen and oxygen atoms in total. The quantitative estimate of drug-likeness (QED) is 0.324. The topological polar surface area (TPSA) is 55.4 Å². The second-order valence-electron chi connectivity index (χ2n) is 6.26.